The van der Waals surface area contributed by atoms with E-state index in [0.29, 0.717) is 26.2 Å². The van der Waals surface area contributed by atoms with E-state index in [1.54, 1.807) is 0 Å². The summed E-state index contributed by atoms with van der Waals surface area (Å²) in [5.74, 6) is -1.96. The van der Waals surface area contributed by atoms with Crippen molar-refractivity contribution in [2.24, 2.45) is 5.92 Å². The van der Waals surface area contributed by atoms with Crippen molar-refractivity contribution in [1.82, 2.24) is 10.2 Å². The molecule has 0 aromatic rings. The molecule has 0 radical (unpaired) electrons. The normalized spacial score (nSPS) is 20.1. The van der Waals surface area contributed by atoms with Gasteiger partial charge in [-0.3, -0.25) is 4.79 Å². The van der Waals surface area contributed by atoms with E-state index in [-0.39, 0.29) is 0 Å². The minimum Gasteiger partial charge on any atom is -0.340 e. The molecule has 1 heterocycles. The number of nitrogens with one attached hydrogen (secondary N) is 1. The zero-order chi connectivity index (χ0) is 11.5. The van der Waals surface area contributed by atoms with Crippen LogP contribution >= 0.6 is 0 Å². The summed E-state index contributed by atoms with van der Waals surface area (Å²) in [6.45, 7) is 3.37. The summed E-state index contributed by atoms with van der Waals surface area (Å²) in [5.41, 5.74) is 0. The molecule has 0 aliphatic carbocycles. The van der Waals surface area contributed by atoms with Crippen molar-refractivity contribution in [3.05, 3.63) is 0 Å². The average Bonchev–Trinajstić information content (AvgIpc) is 2.17. The minimum absolute atomic E-state index is 0.402. The molecule has 1 atom stereocenters. The van der Waals surface area contributed by atoms with Crippen LogP contribution in [0.5, 0.6) is 0 Å². The van der Waals surface area contributed by atoms with Crippen LogP contribution in [0.3, 0.4) is 0 Å². The summed E-state index contributed by atoms with van der Waals surface area (Å²) in [5, 5.41) is 3.04. The van der Waals surface area contributed by atoms with E-state index in [2.05, 4.69) is 5.32 Å². The second-order valence-electron chi connectivity index (χ2n) is 3.78. The highest BCUT2D eigenvalue weighted by Crippen LogP contribution is 2.28. The molecule has 1 aliphatic rings. The Morgan fingerprint density at radius 3 is 2.40 bits per heavy atom. The number of alkyl halides is 3. The monoisotopic (exact) mass is 224 g/mol. The van der Waals surface area contributed by atoms with E-state index in [9.17, 15) is 18.0 Å². The van der Waals surface area contributed by atoms with Crippen LogP contribution in [0, 0.1) is 5.92 Å². The van der Waals surface area contributed by atoms with E-state index >= 15 is 0 Å². The molecule has 1 amide bonds. The van der Waals surface area contributed by atoms with Crippen LogP contribution in [0.15, 0.2) is 0 Å². The number of piperazine rings is 1. The first-order valence-corrected chi connectivity index (χ1v) is 4.96. The first-order valence-electron chi connectivity index (χ1n) is 4.96. The third-order valence-corrected chi connectivity index (χ3v) is 2.51. The number of carbonyl (C=O) groups is 1. The molecule has 0 aromatic heterocycles. The van der Waals surface area contributed by atoms with Crippen molar-refractivity contribution in [2.75, 3.05) is 26.2 Å². The highest BCUT2D eigenvalue weighted by atomic mass is 19.4. The van der Waals surface area contributed by atoms with Crippen LogP contribution in [-0.2, 0) is 4.79 Å². The highest BCUT2D eigenvalue weighted by Gasteiger charge is 2.37. The van der Waals surface area contributed by atoms with Gasteiger partial charge in [0.1, 0.15) is 0 Å². The quantitative estimate of drug-likeness (QED) is 0.759. The Balaban J connectivity index is 2.40. The van der Waals surface area contributed by atoms with Crippen molar-refractivity contribution < 1.29 is 18.0 Å². The van der Waals surface area contributed by atoms with Crippen molar-refractivity contribution in [2.45, 2.75) is 19.5 Å². The Morgan fingerprint density at radius 1 is 1.40 bits per heavy atom. The van der Waals surface area contributed by atoms with Crippen LogP contribution < -0.4 is 5.32 Å². The van der Waals surface area contributed by atoms with E-state index < -0.39 is 24.4 Å². The summed E-state index contributed by atoms with van der Waals surface area (Å²) < 4.78 is 36.6. The fraction of sp³-hybridized carbons (Fsp3) is 0.889. The predicted octanol–water partition coefficient (Wildman–Crippen LogP) is 1.01. The molecule has 1 unspecified atom stereocenters. The molecular weight excluding hydrogens is 209 g/mol. The van der Waals surface area contributed by atoms with Gasteiger partial charge in [0.25, 0.3) is 0 Å². The highest BCUT2D eigenvalue weighted by molar-refractivity contribution is 5.76. The van der Waals surface area contributed by atoms with Gasteiger partial charge in [0, 0.05) is 32.6 Å². The van der Waals surface area contributed by atoms with Crippen LogP contribution in [-0.4, -0.2) is 43.2 Å². The molecule has 0 saturated carbocycles. The Bertz CT molecular complexity index is 224. The summed E-state index contributed by atoms with van der Waals surface area (Å²) in [4.78, 5) is 12.9. The first-order chi connectivity index (χ1) is 6.91. The maximum Gasteiger partial charge on any atom is 0.392 e. The summed E-state index contributed by atoms with van der Waals surface area (Å²) in [7, 11) is 0. The zero-order valence-corrected chi connectivity index (χ0v) is 8.60. The fourth-order valence-corrected chi connectivity index (χ4v) is 1.42. The Labute approximate surface area is 86.6 Å². The van der Waals surface area contributed by atoms with Gasteiger partial charge in [-0.25, -0.2) is 0 Å². The van der Waals surface area contributed by atoms with Gasteiger partial charge >= 0.3 is 6.18 Å². The summed E-state index contributed by atoms with van der Waals surface area (Å²) >= 11 is 0. The molecule has 1 saturated heterocycles. The molecule has 0 spiro atoms. The third-order valence-electron chi connectivity index (χ3n) is 2.51. The van der Waals surface area contributed by atoms with Gasteiger partial charge in [0.15, 0.2) is 0 Å². The number of hydrogen-bond donors (Lipinski definition) is 1. The standard InChI is InChI=1S/C9H15F3N2O/c1-7(9(10,11)12)6-8(15)14-4-2-13-3-5-14/h7,13H,2-6H2,1H3. The molecule has 1 aliphatic heterocycles. The topological polar surface area (TPSA) is 32.3 Å². The molecule has 6 heteroatoms. The molecule has 88 valence electrons. The van der Waals surface area contributed by atoms with Crippen LogP contribution in [0.2, 0.25) is 0 Å². The maximum absolute atomic E-state index is 12.2. The van der Waals surface area contributed by atoms with E-state index in [4.69, 9.17) is 0 Å². The lowest BCUT2D eigenvalue weighted by Gasteiger charge is -2.28. The van der Waals surface area contributed by atoms with Crippen molar-refractivity contribution in [3.8, 4) is 0 Å². The zero-order valence-electron chi connectivity index (χ0n) is 8.60. The van der Waals surface area contributed by atoms with Gasteiger partial charge in [-0.15, -0.1) is 0 Å². The third kappa shape index (κ3) is 3.70. The number of rotatable bonds is 2. The lowest BCUT2D eigenvalue weighted by atomic mass is 10.1. The molecule has 3 nitrogen and oxygen atoms in total. The van der Waals surface area contributed by atoms with E-state index in [0.717, 1.165) is 6.92 Å². The summed E-state index contributed by atoms with van der Waals surface area (Å²) in [6, 6.07) is 0. The lowest BCUT2D eigenvalue weighted by molar-refractivity contribution is -0.176. The van der Waals surface area contributed by atoms with Crippen LogP contribution in [0.4, 0.5) is 13.2 Å². The average molecular weight is 224 g/mol. The van der Waals surface area contributed by atoms with E-state index in [1.807, 2.05) is 0 Å². The van der Waals surface area contributed by atoms with Gasteiger partial charge in [0.2, 0.25) is 5.91 Å². The maximum atomic E-state index is 12.2. The fourth-order valence-electron chi connectivity index (χ4n) is 1.42. The van der Waals surface area contributed by atoms with Gasteiger partial charge in [-0.05, 0) is 0 Å². The van der Waals surface area contributed by atoms with Gasteiger partial charge in [-0.2, -0.15) is 13.2 Å². The Morgan fingerprint density at radius 2 is 1.93 bits per heavy atom. The molecule has 0 bridgehead atoms. The van der Waals surface area contributed by atoms with Crippen LogP contribution in [0.25, 0.3) is 0 Å². The van der Waals surface area contributed by atoms with Gasteiger partial charge in [-0.1, -0.05) is 6.92 Å². The molecular formula is C9H15F3N2O. The molecule has 0 aromatic carbocycles. The SMILES string of the molecule is CC(CC(=O)N1CCNCC1)C(F)(F)F. The molecule has 1 rings (SSSR count). The Kier molecular flexibility index (Phi) is 3.96. The number of halogens is 3. The predicted molar refractivity (Wildman–Crippen MR) is 49.3 cm³/mol. The second-order valence-corrected chi connectivity index (χ2v) is 3.78. The summed E-state index contributed by atoms with van der Waals surface area (Å²) in [6.07, 6.45) is -4.72. The number of hydrogen-bond acceptors (Lipinski definition) is 2. The first kappa shape index (κ1) is 12.3. The minimum atomic E-state index is -4.27. The van der Waals surface area contributed by atoms with Gasteiger partial charge in [0.05, 0.1) is 5.92 Å². The van der Waals surface area contributed by atoms with Crippen molar-refractivity contribution >= 4 is 5.91 Å². The number of nitrogens with zero attached hydrogens (tertiary/aromatic N) is 1. The largest absolute Gasteiger partial charge is 0.392 e. The second kappa shape index (κ2) is 4.83. The smallest absolute Gasteiger partial charge is 0.340 e. The number of amides is 1. The van der Waals surface area contributed by atoms with Crippen LogP contribution in [0.1, 0.15) is 13.3 Å². The lowest BCUT2D eigenvalue weighted by Crippen LogP contribution is -2.47. The van der Waals surface area contributed by atoms with Crippen molar-refractivity contribution in [3.63, 3.8) is 0 Å². The van der Waals surface area contributed by atoms with E-state index in [1.165, 1.54) is 4.90 Å². The Hall–Kier alpha value is -0.780. The molecule has 15 heavy (non-hydrogen) atoms. The molecule has 1 N–H and O–H groups in total. The molecule has 1 fully saturated rings. The van der Waals surface area contributed by atoms with Crippen molar-refractivity contribution in [1.29, 1.82) is 0 Å². The number of carbonyl (C=O) groups excluding carboxylic acids is 1. The van der Waals surface area contributed by atoms with Gasteiger partial charge < -0.3 is 10.2 Å².